The lowest BCUT2D eigenvalue weighted by Gasteiger charge is -2.16. The lowest BCUT2D eigenvalue weighted by molar-refractivity contribution is 0.0928. The van der Waals surface area contributed by atoms with E-state index in [-0.39, 0.29) is 11.9 Å². The maximum atomic E-state index is 13.1. The van der Waals surface area contributed by atoms with Crippen molar-refractivity contribution >= 4 is 28.4 Å². The Labute approximate surface area is 179 Å². The third-order valence-corrected chi connectivity index (χ3v) is 4.90. The molecule has 0 aliphatic heterocycles. The number of carbonyl (C=O) groups excluding carboxylic acids is 1. The number of benzene rings is 2. The summed E-state index contributed by atoms with van der Waals surface area (Å²) in [6.07, 6.45) is 3.61. The first-order chi connectivity index (χ1) is 14.5. The number of hydrogen-bond acceptors (Lipinski definition) is 4. The molecule has 1 atom stereocenters. The molecule has 0 aliphatic rings. The van der Waals surface area contributed by atoms with Crippen LogP contribution in [0.1, 0.15) is 17.3 Å². The second-order valence-corrected chi connectivity index (χ2v) is 7.55. The van der Waals surface area contributed by atoms with Crippen LogP contribution in [0.2, 0.25) is 5.02 Å². The quantitative estimate of drug-likeness (QED) is 0.499. The second kappa shape index (κ2) is 8.55. The minimum Gasteiger partial charge on any atom is -0.491 e. The molecule has 0 unspecified atom stereocenters. The Morgan fingerprint density at radius 2 is 1.97 bits per heavy atom. The number of halogens is 1. The van der Waals surface area contributed by atoms with Gasteiger partial charge in [-0.1, -0.05) is 29.8 Å². The Kier molecular flexibility index (Phi) is 5.68. The van der Waals surface area contributed by atoms with Crippen LogP contribution in [0.4, 0.5) is 0 Å². The second-order valence-electron chi connectivity index (χ2n) is 7.11. The van der Waals surface area contributed by atoms with Gasteiger partial charge in [-0.15, -0.1) is 0 Å². The van der Waals surface area contributed by atoms with Crippen LogP contribution < -0.4 is 10.1 Å². The molecule has 2 heterocycles. The number of para-hydroxylation sites is 1. The van der Waals surface area contributed by atoms with Crippen LogP contribution >= 0.6 is 11.6 Å². The molecule has 6 nitrogen and oxygen atoms in total. The smallest absolute Gasteiger partial charge is 0.252 e. The minimum absolute atomic E-state index is 0.175. The van der Waals surface area contributed by atoms with Crippen LogP contribution in [0.15, 0.2) is 67.0 Å². The SMILES string of the molecule is C[C@@H](COc1ccc(Cl)cc1)NC(=O)c1cc(-c2cnn(C)c2)nc2ccccc12. The van der Waals surface area contributed by atoms with Crippen LogP contribution in [0.3, 0.4) is 0 Å². The highest BCUT2D eigenvalue weighted by Gasteiger charge is 2.16. The molecule has 30 heavy (non-hydrogen) atoms. The summed E-state index contributed by atoms with van der Waals surface area (Å²) in [4.78, 5) is 17.8. The summed E-state index contributed by atoms with van der Waals surface area (Å²) >= 11 is 5.89. The number of fused-ring (bicyclic) bond motifs is 1. The molecule has 1 amide bonds. The Bertz CT molecular complexity index is 1190. The standard InChI is InChI=1S/C23H21ClN4O2/c1-15(14-30-18-9-7-17(24)8-10-18)26-23(29)20-11-22(16-12-25-28(2)13-16)27-21-6-4-3-5-19(20)21/h3-13,15H,14H2,1-2H3,(H,26,29)/t15-/m0/s1. The largest absolute Gasteiger partial charge is 0.491 e. The summed E-state index contributed by atoms with van der Waals surface area (Å²) in [6, 6.07) is 16.4. The number of ether oxygens (including phenoxy) is 1. The monoisotopic (exact) mass is 420 g/mol. The van der Waals surface area contributed by atoms with E-state index in [9.17, 15) is 4.79 Å². The predicted octanol–water partition coefficient (Wildman–Crippen LogP) is 4.49. The van der Waals surface area contributed by atoms with Gasteiger partial charge >= 0.3 is 0 Å². The maximum absolute atomic E-state index is 13.1. The van der Waals surface area contributed by atoms with E-state index < -0.39 is 0 Å². The van der Waals surface area contributed by atoms with Gasteiger partial charge in [0.05, 0.1) is 29.0 Å². The zero-order valence-corrected chi connectivity index (χ0v) is 17.4. The topological polar surface area (TPSA) is 69.0 Å². The van der Waals surface area contributed by atoms with Gasteiger partial charge in [0.1, 0.15) is 12.4 Å². The fraction of sp³-hybridized carbons (Fsp3) is 0.174. The highest BCUT2D eigenvalue weighted by Crippen LogP contribution is 2.24. The number of nitrogens with zero attached hydrogens (tertiary/aromatic N) is 3. The maximum Gasteiger partial charge on any atom is 0.252 e. The number of aryl methyl sites for hydroxylation is 1. The molecule has 0 bridgehead atoms. The molecule has 0 saturated carbocycles. The zero-order valence-electron chi connectivity index (χ0n) is 16.7. The van der Waals surface area contributed by atoms with Crippen molar-refractivity contribution in [2.75, 3.05) is 6.61 Å². The number of rotatable bonds is 6. The third kappa shape index (κ3) is 4.44. The van der Waals surface area contributed by atoms with Gasteiger partial charge in [-0.2, -0.15) is 5.10 Å². The highest BCUT2D eigenvalue weighted by molar-refractivity contribution is 6.30. The first kappa shape index (κ1) is 19.9. The van der Waals surface area contributed by atoms with E-state index in [1.807, 2.05) is 44.4 Å². The molecule has 7 heteroatoms. The van der Waals surface area contributed by atoms with Gasteiger partial charge < -0.3 is 10.1 Å². The van der Waals surface area contributed by atoms with E-state index in [1.54, 1.807) is 41.2 Å². The van der Waals surface area contributed by atoms with E-state index in [4.69, 9.17) is 21.3 Å². The predicted molar refractivity (Wildman–Crippen MR) is 118 cm³/mol. The van der Waals surface area contributed by atoms with Crippen molar-refractivity contribution in [2.45, 2.75) is 13.0 Å². The highest BCUT2D eigenvalue weighted by atomic mass is 35.5. The Hall–Kier alpha value is -3.38. The van der Waals surface area contributed by atoms with Crippen LogP contribution in [-0.4, -0.2) is 33.3 Å². The average Bonchev–Trinajstić information content (AvgIpc) is 3.19. The third-order valence-electron chi connectivity index (χ3n) is 4.65. The van der Waals surface area contributed by atoms with Crippen molar-refractivity contribution in [3.8, 4) is 17.0 Å². The molecule has 0 fully saturated rings. The molecule has 4 rings (SSSR count). The van der Waals surface area contributed by atoms with Crippen LogP contribution in [0, 0.1) is 0 Å². The van der Waals surface area contributed by atoms with Gasteiger partial charge in [0.2, 0.25) is 0 Å². The summed E-state index contributed by atoms with van der Waals surface area (Å²) in [5, 5.41) is 8.67. The van der Waals surface area contributed by atoms with Gasteiger partial charge in [-0.3, -0.25) is 9.48 Å². The van der Waals surface area contributed by atoms with Gasteiger partial charge in [0, 0.05) is 29.2 Å². The lowest BCUT2D eigenvalue weighted by Crippen LogP contribution is -2.37. The van der Waals surface area contributed by atoms with Gasteiger partial charge in [0.15, 0.2) is 0 Å². The molecule has 2 aromatic carbocycles. The van der Waals surface area contributed by atoms with Crippen molar-refractivity contribution in [1.29, 1.82) is 0 Å². The normalized spacial score (nSPS) is 12.0. The number of amides is 1. The fourth-order valence-electron chi connectivity index (χ4n) is 3.16. The number of hydrogen-bond donors (Lipinski definition) is 1. The van der Waals surface area contributed by atoms with E-state index in [0.717, 1.165) is 16.5 Å². The Morgan fingerprint density at radius 3 is 2.70 bits per heavy atom. The van der Waals surface area contributed by atoms with E-state index in [1.165, 1.54) is 0 Å². The van der Waals surface area contributed by atoms with Crippen molar-refractivity contribution in [3.63, 3.8) is 0 Å². The van der Waals surface area contributed by atoms with Crippen molar-refractivity contribution in [3.05, 3.63) is 77.6 Å². The molecule has 1 N–H and O–H groups in total. The number of aromatic nitrogens is 3. The van der Waals surface area contributed by atoms with Gasteiger partial charge in [-0.05, 0) is 43.3 Å². The van der Waals surface area contributed by atoms with Crippen LogP contribution in [0.25, 0.3) is 22.2 Å². The number of carbonyl (C=O) groups is 1. The van der Waals surface area contributed by atoms with Gasteiger partial charge in [0.25, 0.3) is 5.91 Å². The number of pyridine rings is 1. The molecular weight excluding hydrogens is 400 g/mol. The first-order valence-corrected chi connectivity index (χ1v) is 9.95. The molecule has 2 aromatic heterocycles. The lowest BCUT2D eigenvalue weighted by atomic mass is 10.0. The molecular formula is C23H21ClN4O2. The molecule has 4 aromatic rings. The Morgan fingerprint density at radius 1 is 1.20 bits per heavy atom. The van der Waals surface area contributed by atoms with Crippen LogP contribution in [-0.2, 0) is 7.05 Å². The molecule has 0 spiro atoms. The van der Waals surface area contributed by atoms with E-state index in [2.05, 4.69) is 10.4 Å². The molecule has 152 valence electrons. The van der Waals surface area contributed by atoms with E-state index in [0.29, 0.717) is 28.6 Å². The molecule has 0 aliphatic carbocycles. The molecule has 0 saturated heterocycles. The summed E-state index contributed by atoms with van der Waals surface area (Å²) in [6.45, 7) is 2.24. The first-order valence-electron chi connectivity index (χ1n) is 9.57. The molecule has 0 radical (unpaired) electrons. The Balaban J connectivity index is 1.55. The summed E-state index contributed by atoms with van der Waals surface area (Å²) in [7, 11) is 1.85. The number of nitrogens with one attached hydrogen (secondary N) is 1. The van der Waals surface area contributed by atoms with Crippen molar-refractivity contribution in [1.82, 2.24) is 20.1 Å². The van der Waals surface area contributed by atoms with E-state index >= 15 is 0 Å². The summed E-state index contributed by atoms with van der Waals surface area (Å²) in [5.41, 5.74) is 2.89. The van der Waals surface area contributed by atoms with Gasteiger partial charge in [-0.25, -0.2) is 4.98 Å². The van der Waals surface area contributed by atoms with Crippen LogP contribution in [0.5, 0.6) is 5.75 Å². The zero-order chi connectivity index (χ0) is 21.1. The van der Waals surface area contributed by atoms with Crippen molar-refractivity contribution < 1.29 is 9.53 Å². The average molecular weight is 421 g/mol. The summed E-state index contributed by atoms with van der Waals surface area (Å²) < 4.78 is 7.46. The summed E-state index contributed by atoms with van der Waals surface area (Å²) in [5.74, 6) is 0.527. The minimum atomic E-state index is -0.193. The fourth-order valence-corrected chi connectivity index (χ4v) is 3.29. The van der Waals surface area contributed by atoms with Crippen molar-refractivity contribution in [2.24, 2.45) is 7.05 Å².